The topological polar surface area (TPSA) is 29.3 Å². The van der Waals surface area contributed by atoms with Gasteiger partial charge in [-0.05, 0) is 18.0 Å². The first-order valence-corrected chi connectivity index (χ1v) is 5.54. The van der Waals surface area contributed by atoms with Crippen molar-refractivity contribution in [3.63, 3.8) is 0 Å². The quantitative estimate of drug-likeness (QED) is 0.759. The fourth-order valence-corrected chi connectivity index (χ4v) is 2.05. The molecule has 0 aromatic carbocycles. The molecule has 0 amide bonds. The molecule has 0 aliphatic carbocycles. The van der Waals surface area contributed by atoms with Gasteiger partial charge in [-0.3, -0.25) is 4.90 Å². The van der Waals surface area contributed by atoms with Crippen molar-refractivity contribution >= 4 is 28.5 Å². The zero-order valence-electron chi connectivity index (χ0n) is 7.69. The molecule has 4 heteroatoms. The van der Waals surface area contributed by atoms with Crippen molar-refractivity contribution in [3.8, 4) is 0 Å². The van der Waals surface area contributed by atoms with Gasteiger partial charge in [0.05, 0.1) is 4.99 Å². The molecule has 0 fully saturated rings. The molecular formula is C9H14N2S2. The first-order chi connectivity index (χ1) is 6.22. The number of rotatable bonds is 5. The third-order valence-electron chi connectivity index (χ3n) is 1.79. The van der Waals surface area contributed by atoms with Crippen LogP contribution in [0.4, 0.5) is 0 Å². The molecule has 1 rings (SSSR count). The van der Waals surface area contributed by atoms with Crippen molar-refractivity contribution in [1.29, 1.82) is 0 Å². The van der Waals surface area contributed by atoms with Crippen molar-refractivity contribution in [2.45, 2.75) is 13.5 Å². The van der Waals surface area contributed by atoms with Gasteiger partial charge in [-0.2, -0.15) is 0 Å². The predicted molar refractivity (Wildman–Crippen MR) is 62.1 cm³/mol. The van der Waals surface area contributed by atoms with Crippen LogP contribution in [0.3, 0.4) is 0 Å². The third kappa shape index (κ3) is 3.85. The lowest BCUT2D eigenvalue weighted by Gasteiger charge is -2.18. The van der Waals surface area contributed by atoms with E-state index in [2.05, 4.69) is 29.3 Å². The molecule has 2 nitrogen and oxygen atoms in total. The molecule has 13 heavy (non-hydrogen) atoms. The number of hydrogen-bond donors (Lipinski definition) is 1. The van der Waals surface area contributed by atoms with Crippen LogP contribution in [0.15, 0.2) is 17.5 Å². The average molecular weight is 214 g/mol. The second kappa shape index (κ2) is 5.32. The van der Waals surface area contributed by atoms with Gasteiger partial charge in [0.2, 0.25) is 0 Å². The predicted octanol–water partition coefficient (Wildman–Crippen LogP) is 1.86. The maximum Gasteiger partial charge on any atom is 0.0870 e. The lowest BCUT2D eigenvalue weighted by molar-refractivity contribution is 0.324. The van der Waals surface area contributed by atoms with E-state index >= 15 is 0 Å². The van der Waals surface area contributed by atoms with E-state index in [9.17, 15) is 0 Å². The fraction of sp³-hybridized carbons (Fsp3) is 0.444. The second-order valence-corrected chi connectivity index (χ2v) is 4.41. The van der Waals surface area contributed by atoms with E-state index in [0.29, 0.717) is 11.5 Å². The minimum Gasteiger partial charge on any atom is -0.392 e. The lowest BCUT2D eigenvalue weighted by atomic mass is 10.4. The van der Waals surface area contributed by atoms with E-state index in [1.54, 1.807) is 11.3 Å². The summed E-state index contributed by atoms with van der Waals surface area (Å²) in [7, 11) is 0. The van der Waals surface area contributed by atoms with Crippen LogP contribution >= 0.6 is 23.6 Å². The van der Waals surface area contributed by atoms with Gasteiger partial charge in [0.25, 0.3) is 0 Å². The summed E-state index contributed by atoms with van der Waals surface area (Å²) in [5.41, 5.74) is 5.49. The molecule has 0 aliphatic heterocycles. The van der Waals surface area contributed by atoms with Crippen molar-refractivity contribution in [1.82, 2.24) is 4.90 Å². The molecule has 72 valence electrons. The smallest absolute Gasteiger partial charge is 0.0870 e. The molecule has 1 aromatic rings. The molecule has 0 spiro atoms. The van der Waals surface area contributed by atoms with E-state index in [1.807, 2.05) is 0 Å². The van der Waals surface area contributed by atoms with Crippen molar-refractivity contribution in [2.75, 3.05) is 13.1 Å². The van der Waals surface area contributed by atoms with Crippen molar-refractivity contribution < 1.29 is 0 Å². The Bertz CT molecular complexity index is 257. The van der Waals surface area contributed by atoms with E-state index in [4.69, 9.17) is 18.0 Å². The molecule has 0 atom stereocenters. The van der Waals surface area contributed by atoms with Crippen LogP contribution in [0.1, 0.15) is 11.8 Å². The van der Waals surface area contributed by atoms with Gasteiger partial charge >= 0.3 is 0 Å². The van der Waals surface area contributed by atoms with Crippen LogP contribution in [0.5, 0.6) is 0 Å². The number of thiophene rings is 1. The van der Waals surface area contributed by atoms with Gasteiger partial charge in [0.15, 0.2) is 0 Å². The fourth-order valence-electron chi connectivity index (χ4n) is 1.12. The molecule has 0 bridgehead atoms. The van der Waals surface area contributed by atoms with Crippen LogP contribution in [0, 0.1) is 0 Å². The van der Waals surface area contributed by atoms with Gasteiger partial charge < -0.3 is 5.73 Å². The van der Waals surface area contributed by atoms with E-state index in [0.717, 1.165) is 13.1 Å². The normalized spacial score (nSPS) is 10.6. The first-order valence-electron chi connectivity index (χ1n) is 4.25. The summed E-state index contributed by atoms with van der Waals surface area (Å²) < 4.78 is 0. The molecule has 1 heterocycles. The highest BCUT2D eigenvalue weighted by atomic mass is 32.1. The molecule has 0 unspecified atom stereocenters. The van der Waals surface area contributed by atoms with Crippen LogP contribution in [0.25, 0.3) is 0 Å². The van der Waals surface area contributed by atoms with Crippen LogP contribution in [0.2, 0.25) is 0 Å². The monoisotopic (exact) mass is 214 g/mol. The van der Waals surface area contributed by atoms with Gasteiger partial charge in [-0.1, -0.05) is 25.2 Å². The molecule has 2 N–H and O–H groups in total. The van der Waals surface area contributed by atoms with E-state index < -0.39 is 0 Å². The van der Waals surface area contributed by atoms with Gasteiger partial charge in [0.1, 0.15) is 0 Å². The zero-order chi connectivity index (χ0) is 9.68. The van der Waals surface area contributed by atoms with Crippen LogP contribution < -0.4 is 5.73 Å². The molecule has 1 aromatic heterocycles. The Kier molecular flexibility index (Phi) is 4.35. The molecule has 0 saturated heterocycles. The van der Waals surface area contributed by atoms with Crippen molar-refractivity contribution in [2.24, 2.45) is 5.73 Å². The Morgan fingerprint density at radius 3 is 2.92 bits per heavy atom. The van der Waals surface area contributed by atoms with Crippen molar-refractivity contribution in [3.05, 3.63) is 22.4 Å². The first kappa shape index (κ1) is 10.6. The highest BCUT2D eigenvalue weighted by Gasteiger charge is 2.04. The molecule has 0 saturated carbocycles. The maximum absolute atomic E-state index is 5.49. The summed E-state index contributed by atoms with van der Waals surface area (Å²) in [5, 5.41) is 2.09. The summed E-state index contributed by atoms with van der Waals surface area (Å²) >= 11 is 6.64. The highest BCUT2D eigenvalue weighted by Crippen LogP contribution is 2.11. The largest absolute Gasteiger partial charge is 0.392 e. The van der Waals surface area contributed by atoms with Crippen LogP contribution in [-0.2, 0) is 6.54 Å². The van der Waals surface area contributed by atoms with Gasteiger partial charge in [-0.25, -0.2) is 0 Å². The number of nitrogens with zero attached hydrogens (tertiary/aromatic N) is 1. The Morgan fingerprint density at radius 2 is 2.46 bits per heavy atom. The lowest BCUT2D eigenvalue weighted by Crippen LogP contribution is -2.31. The zero-order valence-corrected chi connectivity index (χ0v) is 9.33. The number of nitrogens with two attached hydrogens (primary N) is 1. The molecule has 0 aliphatic rings. The molecule has 0 radical (unpaired) electrons. The summed E-state index contributed by atoms with van der Waals surface area (Å²) in [5.74, 6) is 0. The summed E-state index contributed by atoms with van der Waals surface area (Å²) in [6.45, 7) is 4.76. The Labute approximate surface area is 88.4 Å². The van der Waals surface area contributed by atoms with Gasteiger partial charge in [-0.15, -0.1) is 11.3 Å². The average Bonchev–Trinajstić information content (AvgIpc) is 2.55. The molecular weight excluding hydrogens is 200 g/mol. The minimum atomic E-state index is 0.568. The maximum atomic E-state index is 5.49. The second-order valence-electron chi connectivity index (χ2n) is 2.85. The minimum absolute atomic E-state index is 0.568. The summed E-state index contributed by atoms with van der Waals surface area (Å²) in [6, 6.07) is 4.20. The number of thiocarbonyl (C=S) groups is 1. The highest BCUT2D eigenvalue weighted by molar-refractivity contribution is 7.80. The van der Waals surface area contributed by atoms with E-state index in [1.165, 1.54) is 4.88 Å². The number of likely N-dealkylation sites (N-methyl/N-ethyl adjacent to an activating group) is 1. The summed E-state index contributed by atoms with van der Waals surface area (Å²) in [6.07, 6.45) is 0. The Balaban J connectivity index is 2.45. The number of hydrogen-bond acceptors (Lipinski definition) is 3. The Hall–Kier alpha value is -0.450. The Morgan fingerprint density at radius 1 is 1.69 bits per heavy atom. The van der Waals surface area contributed by atoms with Crippen LogP contribution in [-0.4, -0.2) is 23.0 Å². The summed E-state index contributed by atoms with van der Waals surface area (Å²) in [4.78, 5) is 4.16. The van der Waals surface area contributed by atoms with E-state index in [-0.39, 0.29) is 0 Å². The SMILES string of the molecule is CCN(CC(N)=S)Cc1cccs1. The van der Waals surface area contributed by atoms with Gasteiger partial charge in [0, 0.05) is 18.0 Å². The third-order valence-corrected chi connectivity index (χ3v) is 2.78. The standard InChI is InChI=1S/C9H14N2S2/c1-2-11(7-9(10)12)6-8-4-3-5-13-8/h3-5H,2,6-7H2,1H3,(H2,10,12).